The summed E-state index contributed by atoms with van der Waals surface area (Å²) < 4.78 is 10.7. The number of aromatic nitrogens is 2. The van der Waals surface area contributed by atoms with E-state index in [9.17, 15) is 9.59 Å². The number of ether oxygens (including phenoxy) is 2. The quantitative estimate of drug-likeness (QED) is 0.445. The number of carbonyl (C=O) groups is 1. The summed E-state index contributed by atoms with van der Waals surface area (Å²) in [6.45, 7) is 6.27. The molecule has 10 nitrogen and oxygen atoms in total. The van der Waals surface area contributed by atoms with Gasteiger partial charge in [0.05, 0.1) is 32.0 Å². The predicted molar refractivity (Wildman–Crippen MR) is 156 cm³/mol. The van der Waals surface area contributed by atoms with E-state index >= 15 is 0 Å². The smallest absolute Gasteiger partial charge is 0.252 e. The van der Waals surface area contributed by atoms with Crippen LogP contribution in [0.2, 0.25) is 5.02 Å². The van der Waals surface area contributed by atoms with Crippen LogP contribution in [-0.4, -0.2) is 92.3 Å². The van der Waals surface area contributed by atoms with Crippen molar-refractivity contribution in [3.63, 3.8) is 0 Å². The van der Waals surface area contributed by atoms with Crippen molar-refractivity contribution in [1.29, 1.82) is 0 Å². The molecule has 0 spiro atoms. The molecule has 0 aliphatic carbocycles. The molecule has 0 saturated carbocycles. The van der Waals surface area contributed by atoms with E-state index in [2.05, 4.69) is 14.8 Å². The number of H-pyrrole nitrogens is 1. The summed E-state index contributed by atoms with van der Waals surface area (Å²) in [5.74, 6) is 2.23. The number of amides is 1. The molecule has 1 amide bonds. The van der Waals surface area contributed by atoms with Crippen molar-refractivity contribution in [3.8, 4) is 11.5 Å². The van der Waals surface area contributed by atoms with Crippen LogP contribution in [0, 0.1) is 0 Å². The number of carbonyl (C=O) groups excluding carboxylic acids is 1. The second kappa shape index (κ2) is 12.6. The predicted octanol–water partition coefficient (Wildman–Crippen LogP) is 2.65. The number of benzene rings is 2. The standard InChI is InChI=1S/C29H35ClN6O4/c1-39-24-6-3-21(4-7-24)17-28(38)35-13-15-36(16-14-35)29-31-23(19-27(37)32-29)20-33-9-11-34(12-10-33)25-18-22(30)5-8-26(25)40-2/h3-8,18-19H,9-17,20H2,1-2H3,(H,31,32,37). The largest absolute Gasteiger partial charge is 0.497 e. The van der Waals surface area contributed by atoms with Gasteiger partial charge in [0.15, 0.2) is 0 Å². The molecular formula is C29H35ClN6O4. The molecule has 0 unspecified atom stereocenters. The van der Waals surface area contributed by atoms with Gasteiger partial charge < -0.3 is 24.2 Å². The van der Waals surface area contributed by atoms with E-state index in [-0.39, 0.29) is 11.5 Å². The van der Waals surface area contributed by atoms with Gasteiger partial charge in [-0.1, -0.05) is 23.7 Å². The second-order valence-electron chi connectivity index (χ2n) is 10.0. The van der Waals surface area contributed by atoms with Gasteiger partial charge in [-0.15, -0.1) is 0 Å². The third-order valence-corrected chi connectivity index (χ3v) is 7.70. The number of nitrogens with one attached hydrogen (secondary N) is 1. The maximum atomic E-state index is 12.8. The van der Waals surface area contributed by atoms with Crippen LogP contribution in [0.5, 0.6) is 11.5 Å². The van der Waals surface area contributed by atoms with Crippen molar-refractivity contribution in [3.05, 3.63) is 75.2 Å². The number of halogens is 1. The fourth-order valence-corrected chi connectivity index (χ4v) is 5.37. The maximum absolute atomic E-state index is 12.8. The fourth-order valence-electron chi connectivity index (χ4n) is 5.21. The van der Waals surface area contributed by atoms with E-state index in [1.807, 2.05) is 52.3 Å². The van der Waals surface area contributed by atoms with Crippen molar-refractivity contribution >= 4 is 29.1 Å². The van der Waals surface area contributed by atoms with Crippen LogP contribution in [0.4, 0.5) is 11.6 Å². The van der Waals surface area contributed by atoms with E-state index < -0.39 is 0 Å². The van der Waals surface area contributed by atoms with Gasteiger partial charge in [-0.2, -0.15) is 0 Å². The minimum absolute atomic E-state index is 0.0922. The van der Waals surface area contributed by atoms with Crippen molar-refractivity contribution in [2.75, 3.05) is 76.4 Å². The summed E-state index contributed by atoms with van der Waals surface area (Å²) in [4.78, 5) is 41.5. The normalized spacial score (nSPS) is 16.2. The Morgan fingerprint density at radius 3 is 2.27 bits per heavy atom. The molecule has 2 aliphatic rings. The van der Waals surface area contributed by atoms with Crippen LogP contribution >= 0.6 is 11.6 Å². The molecule has 2 fully saturated rings. The Labute approximate surface area is 239 Å². The molecule has 212 valence electrons. The van der Waals surface area contributed by atoms with Crippen LogP contribution in [0.1, 0.15) is 11.3 Å². The Morgan fingerprint density at radius 2 is 1.60 bits per heavy atom. The summed E-state index contributed by atoms with van der Waals surface area (Å²) in [5, 5.41) is 0.681. The molecule has 2 aromatic carbocycles. The number of anilines is 2. The Bertz CT molecular complexity index is 1370. The zero-order valence-electron chi connectivity index (χ0n) is 22.9. The number of methoxy groups -OCH3 is 2. The van der Waals surface area contributed by atoms with Crippen molar-refractivity contribution < 1.29 is 14.3 Å². The number of hydrogen-bond acceptors (Lipinski definition) is 8. The van der Waals surface area contributed by atoms with Gasteiger partial charge in [0.25, 0.3) is 5.56 Å². The van der Waals surface area contributed by atoms with Crippen molar-refractivity contribution in [2.45, 2.75) is 13.0 Å². The highest BCUT2D eigenvalue weighted by molar-refractivity contribution is 6.30. The van der Waals surface area contributed by atoms with Crippen LogP contribution in [0.3, 0.4) is 0 Å². The first-order chi connectivity index (χ1) is 19.4. The molecular weight excluding hydrogens is 532 g/mol. The van der Waals surface area contributed by atoms with Gasteiger partial charge in [-0.05, 0) is 35.9 Å². The first kappa shape index (κ1) is 27.8. The number of rotatable bonds is 8. The summed E-state index contributed by atoms with van der Waals surface area (Å²) in [7, 11) is 3.29. The first-order valence-electron chi connectivity index (χ1n) is 13.5. The van der Waals surface area contributed by atoms with Crippen LogP contribution < -0.4 is 24.8 Å². The lowest BCUT2D eigenvalue weighted by atomic mass is 10.1. The Hall–Kier alpha value is -3.76. The molecule has 1 aromatic heterocycles. The van der Waals surface area contributed by atoms with Crippen molar-refractivity contribution in [2.24, 2.45) is 0 Å². The zero-order valence-corrected chi connectivity index (χ0v) is 23.7. The van der Waals surface area contributed by atoms with Crippen LogP contribution in [0.15, 0.2) is 53.3 Å². The molecule has 0 atom stereocenters. The number of piperazine rings is 2. The van der Waals surface area contributed by atoms with Gasteiger partial charge >= 0.3 is 0 Å². The molecule has 11 heteroatoms. The molecule has 3 heterocycles. The van der Waals surface area contributed by atoms with E-state index in [1.54, 1.807) is 20.3 Å². The van der Waals surface area contributed by atoms with E-state index in [1.165, 1.54) is 0 Å². The lowest BCUT2D eigenvalue weighted by molar-refractivity contribution is -0.130. The fraction of sp³-hybridized carbons (Fsp3) is 0.414. The highest BCUT2D eigenvalue weighted by Crippen LogP contribution is 2.32. The maximum Gasteiger partial charge on any atom is 0.252 e. The first-order valence-corrected chi connectivity index (χ1v) is 13.9. The molecule has 0 bridgehead atoms. The number of aromatic amines is 1. The minimum atomic E-state index is -0.166. The van der Waals surface area contributed by atoms with Crippen LogP contribution in [-0.2, 0) is 17.8 Å². The summed E-state index contributed by atoms with van der Waals surface area (Å²) in [5.41, 5.74) is 2.53. The molecule has 40 heavy (non-hydrogen) atoms. The third-order valence-electron chi connectivity index (χ3n) is 7.47. The summed E-state index contributed by atoms with van der Waals surface area (Å²) in [6.07, 6.45) is 0.353. The lowest BCUT2D eigenvalue weighted by Crippen LogP contribution is -2.50. The van der Waals surface area contributed by atoms with E-state index in [0.29, 0.717) is 50.1 Å². The molecule has 2 saturated heterocycles. The molecule has 2 aliphatic heterocycles. The molecule has 0 radical (unpaired) electrons. The topological polar surface area (TPSA) is 94.2 Å². The van der Waals surface area contributed by atoms with E-state index in [4.69, 9.17) is 26.1 Å². The minimum Gasteiger partial charge on any atom is -0.497 e. The third kappa shape index (κ3) is 6.68. The zero-order chi connectivity index (χ0) is 28.1. The second-order valence-corrected chi connectivity index (χ2v) is 10.5. The number of hydrogen-bond donors (Lipinski definition) is 1. The Morgan fingerprint density at radius 1 is 0.900 bits per heavy atom. The van der Waals surface area contributed by atoms with Gasteiger partial charge in [0.2, 0.25) is 11.9 Å². The van der Waals surface area contributed by atoms with E-state index in [0.717, 1.165) is 54.6 Å². The highest BCUT2D eigenvalue weighted by Gasteiger charge is 2.24. The number of nitrogens with zero attached hydrogens (tertiary/aromatic N) is 5. The van der Waals surface area contributed by atoms with Crippen molar-refractivity contribution in [1.82, 2.24) is 19.8 Å². The van der Waals surface area contributed by atoms with Gasteiger partial charge in [0, 0.05) is 70.0 Å². The van der Waals surface area contributed by atoms with Gasteiger partial charge in [-0.3, -0.25) is 19.5 Å². The molecule has 3 aromatic rings. The highest BCUT2D eigenvalue weighted by atomic mass is 35.5. The lowest BCUT2D eigenvalue weighted by Gasteiger charge is -2.37. The Kier molecular flexibility index (Phi) is 8.76. The SMILES string of the molecule is COc1ccc(CC(=O)N2CCN(c3nc(CN4CCN(c5cc(Cl)ccc5OC)CC4)cc(=O)[nH]3)CC2)cc1. The average molecular weight is 567 g/mol. The van der Waals surface area contributed by atoms with Gasteiger partial charge in [-0.25, -0.2) is 4.98 Å². The van der Waals surface area contributed by atoms with Crippen LogP contribution in [0.25, 0.3) is 0 Å². The monoisotopic (exact) mass is 566 g/mol. The summed E-state index contributed by atoms with van der Waals surface area (Å²) in [6, 6.07) is 14.8. The Balaban J connectivity index is 1.15. The van der Waals surface area contributed by atoms with Gasteiger partial charge in [0.1, 0.15) is 11.5 Å². The average Bonchev–Trinajstić information content (AvgIpc) is 2.98. The summed E-state index contributed by atoms with van der Waals surface area (Å²) >= 11 is 6.23. The molecule has 5 rings (SSSR count). The molecule has 1 N–H and O–H groups in total.